The van der Waals surface area contributed by atoms with Crippen LogP contribution in [-0.2, 0) is 16.0 Å². The van der Waals surface area contributed by atoms with Gasteiger partial charge in [-0.15, -0.1) is 11.3 Å². The number of anilines is 1. The fraction of sp³-hybridized carbons (Fsp3) is 0.333. The third-order valence-electron chi connectivity index (χ3n) is 3.58. The molecule has 0 radical (unpaired) electrons. The van der Waals surface area contributed by atoms with E-state index in [1.165, 1.54) is 22.5 Å². The van der Waals surface area contributed by atoms with Crippen molar-refractivity contribution in [3.8, 4) is 0 Å². The van der Waals surface area contributed by atoms with Gasteiger partial charge in [0, 0.05) is 0 Å². The molecule has 1 N–H and O–H groups in total. The van der Waals surface area contributed by atoms with Gasteiger partial charge in [0.15, 0.2) is 0 Å². The van der Waals surface area contributed by atoms with Crippen molar-refractivity contribution in [1.82, 2.24) is 0 Å². The van der Waals surface area contributed by atoms with Gasteiger partial charge in [0.1, 0.15) is 4.88 Å². The first-order valence-electron chi connectivity index (χ1n) is 7.54. The maximum atomic E-state index is 12.2. The van der Waals surface area contributed by atoms with Gasteiger partial charge in [-0.25, -0.2) is 4.79 Å². The van der Waals surface area contributed by atoms with Crippen LogP contribution in [0.2, 0.25) is 0 Å². The van der Waals surface area contributed by atoms with E-state index in [2.05, 4.69) is 5.32 Å². The summed E-state index contributed by atoms with van der Waals surface area (Å²) in [6, 6.07) is 7.81. The molecule has 2 rings (SSSR count). The SMILES string of the molecule is CCOC(=O)c1sc(NC(=O)Cc2ccc(C)c(C)c2)cc1C. The molecule has 2 aromatic rings. The Morgan fingerprint density at radius 3 is 2.48 bits per heavy atom. The molecule has 0 bridgehead atoms. The number of rotatable bonds is 5. The molecule has 1 amide bonds. The Hall–Kier alpha value is -2.14. The van der Waals surface area contributed by atoms with Crippen LogP contribution in [0.5, 0.6) is 0 Å². The summed E-state index contributed by atoms with van der Waals surface area (Å²) in [5.74, 6) is -0.436. The van der Waals surface area contributed by atoms with Gasteiger partial charge in [0.2, 0.25) is 5.91 Å². The van der Waals surface area contributed by atoms with Gasteiger partial charge in [-0.2, -0.15) is 0 Å². The number of aryl methyl sites for hydroxylation is 3. The highest BCUT2D eigenvalue weighted by molar-refractivity contribution is 7.18. The lowest BCUT2D eigenvalue weighted by atomic mass is 10.0. The second-order valence-corrected chi connectivity index (χ2v) is 6.54. The zero-order valence-electron chi connectivity index (χ0n) is 13.9. The maximum absolute atomic E-state index is 12.2. The van der Waals surface area contributed by atoms with Crippen molar-refractivity contribution in [3.05, 3.63) is 51.4 Å². The van der Waals surface area contributed by atoms with E-state index in [0.29, 0.717) is 22.9 Å². The Morgan fingerprint density at radius 1 is 1.09 bits per heavy atom. The van der Waals surface area contributed by atoms with Crippen molar-refractivity contribution in [2.24, 2.45) is 0 Å². The van der Waals surface area contributed by atoms with Crippen LogP contribution in [0.1, 0.15) is 38.8 Å². The number of carbonyl (C=O) groups is 2. The fourth-order valence-corrected chi connectivity index (χ4v) is 3.21. The number of benzene rings is 1. The predicted molar refractivity (Wildman–Crippen MR) is 93.3 cm³/mol. The van der Waals surface area contributed by atoms with Crippen LogP contribution in [-0.4, -0.2) is 18.5 Å². The van der Waals surface area contributed by atoms with Crippen molar-refractivity contribution in [2.75, 3.05) is 11.9 Å². The Balaban J connectivity index is 2.04. The molecule has 1 aromatic heterocycles. The fourth-order valence-electron chi connectivity index (χ4n) is 2.22. The third kappa shape index (κ3) is 4.42. The minimum Gasteiger partial charge on any atom is -0.462 e. The molecule has 122 valence electrons. The lowest BCUT2D eigenvalue weighted by Crippen LogP contribution is -2.13. The zero-order chi connectivity index (χ0) is 17.0. The number of thiophene rings is 1. The van der Waals surface area contributed by atoms with E-state index in [0.717, 1.165) is 11.1 Å². The zero-order valence-corrected chi connectivity index (χ0v) is 14.7. The van der Waals surface area contributed by atoms with E-state index >= 15 is 0 Å². The number of ether oxygens (including phenoxy) is 1. The number of nitrogens with one attached hydrogen (secondary N) is 1. The molecule has 0 saturated heterocycles. The molecule has 0 fully saturated rings. The van der Waals surface area contributed by atoms with Gasteiger partial charge < -0.3 is 10.1 Å². The molecule has 1 aromatic carbocycles. The molecule has 4 nitrogen and oxygen atoms in total. The Morgan fingerprint density at radius 2 is 1.83 bits per heavy atom. The molecule has 0 aliphatic heterocycles. The van der Waals surface area contributed by atoms with Crippen LogP contribution in [0.25, 0.3) is 0 Å². The van der Waals surface area contributed by atoms with Crippen molar-refractivity contribution in [2.45, 2.75) is 34.1 Å². The molecular weight excluding hydrogens is 310 g/mol. The highest BCUT2D eigenvalue weighted by atomic mass is 32.1. The standard InChI is InChI=1S/C18H21NO3S/c1-5-22-18(21)17-13(4)9-16(23-17)19-15(20)10-14-7-6-11(2)12(3)8-14/h6-9H,5,10H2,1-4H3,(H,19,20). The van der Waals surface area contributed by atoms with Crippen LogP contribution in [0.15, 0.2) is 24.3 Å². The first-order valence-corrected chi connectivity index (χ1v) is 8.36. The normalized spacial score (nSPS) is 10.4. The molecule has 0 aliphatic carbocycles. The van der Waals surface area contributed by atoms with Gasteiger partial charge in [0.05, 0.1) is 18.0 Å². The average molecular weight is 331 g/mol. The molecule has 0 unspecified atom stereocenters. The first-order chi connectivity index (χ1) is 10.9. The summed E-state index contributed by atoms with van der Waals surface area (Å²) in [5, 5.41) is 3.52. The molecule has 23 heavy (non-hydrogen) atoms. The highest BCUT2D eigenvalue weighted by Gasteiger charge is 2.16. The molecule has 1 heterocycles. The largest absolute Gasteiger partial charge is 0.462 e. The number of hydrogen-bond donors (Lipinski definition) is 1. The first kappa shape index (κ1) is 17.2. The van der Waals surface area contributed by atoms with Crippen LogP contribution in [0.4, 0.5) is 5.00 Å². The average Bonchev–Trinajstić information content (AvgIpc) is 2.83. The van der Waals surface area contributed by atoms with Crippen LogP contribution < -0.4 is 5.32 Å². The maximum Gasteiger partial charge on any atom is 0.348 e. The summed E-state index contributed by atoms with van der Waals surface area (Å²) in [6.07, 6.45) is 0.312. The number of carbonyl (C=O) groups excluding carboxylic acids is 2. The second-order valence-electron chi connectivity index (χ2n) is 5.49. The predicted octanol–water partition coefficient (Wildman–Crippen LogP) is 4.03. The summed E-state index contributed by atoms with van der Waals surface area (Å²) in [7, 11) is 0. The van der Waals surface area contributed by atoms with E-state index < -0.39 is 0 Å². The lowest BCUT2D eigenvalue weighted by Gasteiger charge is -2.05. The van der Waals surface area contributed by atoms with Crippen molar-refractivity contribution < 1.29 is 14.3 Å². The molecule has 0 saturated carbocycles. The number of hydrogen-bond acceptors (Lipinski definition) is 4. The molecule has 0 aliphatic rings. The Bertz CT molecular complexity index is 734. The van der Waals surface area contributed by atoms with E-state index in [1.54, 1.807) is 13.0 Å². The summed E-state index contributed by atoms with van der Waals surface area (Å²) in [6.45, 7) is 8.02. The van der Waals surface area contributed by atoms with E-state index in [-0.39, 0.29) is 11.9 Å². The van der Waals surface area contributed by atoms with Gasteiger partial charge in [-0.3, -0.25) is 4.79 Å². The monoisotopic (exact) mass is 331 g/mol. The van der Waals surface area contributed by atoms with Gasteiger partial charge in [-0.05, 0) is 56.0 Å². The van der Waals surface area contributed by atoms with E-state index in [4.69, 9.17) is 4.74 Å². The van der Waals surface area contributed by atoms with E-state index in [1.807, 2.05) is 39.0 Å². The second kappa shape index (κ2) is 7.42. The van der Waals surface area contributed by atoms with Gasteiger partial charge in [-0.1, -0.05) is 18.2 Å². The highest BCUT2D eigenvalue weighted by Crippen LogP contribution is 2.27. The Kier molecular flexibility index (Phi) is 5.55. The van der Waals surface area contributed by atoms with Crippen molar-refractivity contribution in [3.63, 3.8) is 0 Å². The molecule has 0 spiro atoms. The Labute approximate surface area is 140 Å². The smallest absolute Gasteiger partial charge is 0.348 e. The summed E-state index contributed by atoms with van der Waals surface area (Å²) in [4.78, 5) is 24.5. The molecule has 0 atom stereocenters. The van der Waals surface area contributed by atoms with Crippen LogP contribution >= 0.6 is 11.3 Å². The van der Waals surface area contributed by atoms with Crippen LogP contribution in [0.3, 0.4) is 0 Å². The quantitative estimate of drug-likeness (QED) is 0.842. The van der Waals surface area contributed by atoms with Gasteiger partial charge in [0.25, 0.3) is 0 Å². The van der Waals surface area contributed by atoms with Crippen molar-refractivity contribution in [1.29, 1.82) is 0 Å². The van der Waals surface area contributed by atoms with Crippen LogP contribution in [0, 0.1) is 20.8 Å². The van der Waals surface area contributed by atoms with E-state index in [9.17, 15) is 9.59 Å². The summed E-state index contributed by atoms with van der Waals surface area (Å²) in [5.41, 5.74) is 4.17. The van der Waals surface area contributed by atoms with Crippen molar-refractivity contribution >= 4 is 28.2 Å². The summed E-state index contributed by atoms with van der Waals surface area (Å²) >= 11 is 1.25. The molecular formula is C18H21NO3S. The minimum absolute atomic E-state index is 0.0927. The molecule has 5 heteroatoms. The minimum atomic E-state index is -0.343. The van der Waals surface area contributed by atoms with Gasteiger partial charge >= 0.3 is 5.97 Å². The topological polar surface area (TPSA) is 55.4 Å². The lowest BCUT2D eigenvalue weighted by molar-refractivity contribution is -0.115. The third-order valence-corrected chi connectivity index (χ3v) is 4.71. The number of esters is 1. The number of amides is 1. The summed E-state index contributed by atoms with van der Waals surface area (Å²) < 4.78 is 5.01.